The van der Waals surface area contributed by atoms with Crippen LogP contribution in [0.4, 0.5) is 5.69 Å². The summed E-state index contributed by atoms with van der Waals surface area (Å²) in [6.45, 7) is 4.05. The highest BCUT2D eigenvalue weighted by atomic mass is 35.5. The Kier molecular flexibility index (Phi) is 7.10. The molecule has 3 aromatic rings. The van der Waals surface area contributed by atoms with Crippen molar-refractivity contribution in [1.82, 2.24) is 10.2 Å². The predicted molar refractivity (Wildman–Crippen MR) is 135 cm³/mol. The average Bonchev–Trinajstić information content (AvgIpc) is 3.08. The molecule has 0 unspecified atom stereocenters. The van der Waals surface area contributed by atoms with E-state index < -0.39 is 6.04 Å². The second-order valence-corrected chi connectivity index (χ2v) is 8.99. The lowest BCUT2D eigenvalue weighted by atomic mass is 10.1. The monoisotopic (exact) mass is 497 g/mol. The summed E-state index contributed by atoms with van der Waals surface area (Å²) in [6, 6.07) is 15.5. The molecule has 0 saturated carbocycles. The molecule has 1 N–H and O–H groups in total. The third-order valence-electron chi connectivity index (χ3n) is 6.04. The van der Waals surface area contributed by atoms with Gasteiger partial charge in [0.15, 0.2) is 0 Å². The first kappa shape index (κ1) is 24.0. The Morgan fingerprint density at radius 2 is 1.79 bits per heavy atom. The summed E-state index contributed by atoms with van der Waals surface area (Å²) in [7, 11) is 0. The highest BCUT2D eigenvalue weighted by molar-refractivity contribution is 6.35. The van der Waals surface area contributed by atoms with Crippen LogP contribution in [0.5, 0.6) is 0 Å². The van der Waals surface area contributed by atoms with E-state index in [1.54, 1.807) is 24.3 Å². The van der Waals surface area contributed by atoms with Crippen LogP contribution in [-0.4, -0.2) is 41.8 Å². The molecule has 0 spiro atoms. The van der Waals surface area contributed by atoms with Crippen molar-refractivity contribution < 1.29 is 14.4 Å². The maximum Gasteiger partial charge on any atom is 0.259 e. The summed E-state index contributed by atoms with van der Waals surface area (Å²) in [5.74, 6) is -0.820. The molecule has 1 aliphatic heterocycles. The minimum Gasteiger partial charge on any atom is -0.355 e. The van der Waals surface area contributed by atoms with E-state index in [1.807, 2.05) is 44.2 Å². The van der Waals surface area contributed by atoms with E-state index in [2.05, 4.69) is 5.32 Å². The van der Waals surface area contributed by atoms with Gasteiger partial charge < -0.3 is 10.2 Å². The zero-order valence-corrected chi connectivity index (χ0v) is 20.5. The Hall–Kier alpha value is -3.09. The van der Waals surface area contributed by atoms with Crippen molar-refractivity contribution in [1.29, 1.82) is 0 Å². The van der Waals surface area contributed by atoms with Gasteiger partial charge in [-0.3, -0.25) is 19.3 Å². The standard InChI is InChI=1S/C26H25Cl2N3O3/c1-3-21(25(33)29-4-2)30(14-17-11-12-18(27)13-20(17)28)23(32)15-31-22-10-6-8-16-7-5-9-19(24(16)22)26(31)34/h5-13,21H,3-4,14-15H2,1-2H3,(H,29,33)/t21-/m0/s1. The zero-order valence-electron chi connectivity index (χ0n) is 19.0. The number of nitrogens with zero attached hydrogens (tertiary/aromatic N) is 2. The highest BCUT2D eigenvalue weighted by Crippen LogP contribution is 2.37. The van der Waals surface area contributed by atoms with Gasteiger partial charge in [-0.15, -0.1) is 0 Å². The van der Waals surface area contributed by atoms with Crippen molar-refractivity contribution in [3.8, 4) is 0 Å². The van der Waals surface area contributed by atoms with Crippen LogP contribution in [0, 0.1) is 0 Å². The summed E-state index contributed by atoms with van der Waals surface area (Å²) < 4.78 is 0. The Balaban J connectivity index is 1.67. The van der Waals surface area contributed by atoms with Gasteiger partial charge in [-0.25, -0.2) is 0 Å². The molecule has 0 aliphatic carbocycles. The fraction of sp³-hybridized carbons (Fsp3) is 0.269. The second-order valence-electron chi connectivity index (χ2n) is 8.15. The Labute approximate surface area is 208 Å². The molecule has 0 fully saturated rings. The van der Waals surface area contributed by atoms with E-state index in [1.165, 1.54) is 9.80 Å². The van der Waals surface area contributed by atoms with E-state index in [4.69, 9.17) is 23.2 Å². The maximum absolute atomic E-state index is 13.7. The lowest BCUT2D eigenvalue weighted by Gasteiger charge is -2.32. The minimum absolute atomic E-state index is 0.115. The van der Waals surface area contributed by atoms with Crippen LogP contribution in [0.15, 0.2) is 54.6 Å². The van der Waals surface area contributed by atoms with Crippen LogP contribution >= 0.6 is 23.2 Å². The average molecular weight is 498 g/mol. The molecule has 1 aliphatic rings. The molecule has 1 atom stereocenters. The number of hydrogen-bond donors (Lipinski definition) is 1. The third-order valence-corrected chi connectivity index (χ3v) is 6.62. The second kappa shape index (κ2) is 10.0. The molecule has 176 valence electrons. The van der Waals surface area contributed by atoms with Gasteiger partial charge in [0.1, 0.15) is 12.6 Å². The Morgan fingerprint density at radius 1 is 1.06 bits per heavy atom. The number of carbonyl (C=O) groups excluding carboxylic acids is 3. The smallest absolute Gasteiger partial charge is 0.259 e. The third kappa shape index (κ3) is 4.48. The van der Waals surface area contributed by atoms with Gasteiger partial charge in [-0.1, -0.05) is 60.5 Å². The van der Waals surface area contributed by atoms with Crippen molar-refractivity contribution in [2.75, 3.05) is 18.0 Å². The molecule has 0 radical (unpaired) electrons. The molecule has 0 saturated heterocycles. The molecule has 34 heavy (non-hydrogen) atoms. The maximum atomic E-state index is 13.7. The summed E-state index contributed by atoms with van der Waals surface area (Å²) in [5.41, 5.74) is 1.94. The van der Waals surface area contributed by atoms with Gasteiger partial charge in [0.2, 0.25) is 11.8 Å². The lowest BCUT2D eigenvalue weighted by Crippen LogP contribution is -2.52. The normalized spacial score (nSPS) is 13.3. The number of halogens is 2. The van der Waals surface area contributed by atoms with E-state index in [-0.39, 0.29) is 30.8 Å². The molecule has 0 aromatic heterocycles. The fourth-order valence-corrected chi connectivity index (χ4v) is 4.88. The SMILES string of the molecule is CCNC(=O)[C@H](CC)N(Cc1ccc(Cl)cc1Cl)C(=O)CN1C(=O)c2cccc3cccc1c23. The number of benzene rings is 3. The molecule has 4 rings (SSSR count). The summed E-state index contributed by atoms with van der Waals surface area (Å²) in [4.78, 5) is 42.7. The van der Waals surface area contributed by atoms with Gasteiger partial charge >= 0.3 is 0 Å². The molecule has 6 nitrogen and oxygen atoms in total. The van der Waals surface area contributed by atoms with Crippen LogP contribution in [0.3, 0.4) is 0 Å². The molecular formula is C26H25Cl2N3O3. The largest absolute Gasteiger partial charge is 0.355 e. The summed E-state index contributed by atoms with van der Waals surface area (Å²) >= 11 is 12.4. The first-order valence-corrected chi connectivity index (χ1v) is 12.0. The lowest BCUT2D eigenvalue weighted by molar-refractivity contribution is -0.140. The van der Waals surface area contributed by atoms with Gasteiger partial charge in [0, 0.05) is 34.1 Å². The molecule has 1 heterocycles. The quantitative estimate of drug-likeness (QED) is 0.473. The highest BCUT2D eigenvalue weighted by Gasteiger charge is 2.35. The molecule has 3 amide bonds. The Morgan fingerprint density at radius 3 is 2.47 bits per heavy atom. The predicted octanol–water partition coefficient (Wildman–Crippen LogP) is 5.05. The zero-order chi connectivity index (χ0) is 24.4. The van der Waals surface area contributed by atoms with Gasteiger partial charge in [0.05, 0.1) is 5.69 Å². The van der Waals surface area contributed by atoms with Crippen molar-refractivity contribution in [3.63, 3.8) is 0 Å². The Bertz CT molecular complexity index is 1270. The van der Waals surface area contributed by atoms with Crippen molar-refractivity contribution >= 4 is 57.4 Å². The van der Waals surface area contributed by atoms with Gasteiger partial charge in [-0.05, 0) is 48.6 Å². The number of rotatable bonds is 8. The first-order valence-electron chi connectivity index (χ1n) is 11.2. The van der Waals surface area contributed by atoms with Crippen LogP contribution in [0.2, 0.25) is 10.0 Å². The number of nitrogens with one attached hydrogen (secondary N) is 1. The summed E-state index contributed by atoms with van der Waals surface area (Å²) in [6.07, 6.45) is 0.409. The number of amides is 3. The van der Waals surface area contributed by atoms with Crippen LogP contribution in [0.25, 0.3) is 10.8 Å². The number of anilines is 1. The number of hydrogen-bond acceptors (Lipinski definition) is 3. The van der Waals surface area contributed by atoms with Crippen LogP contribution < -0.4 is 10.2 Å². The minimum atomic E-state index is -0.713. The van der Waals surface area contributed by atoms with Crippen molar-refractivity contribution in [2.45, 2.75) is 32.9 Å². The van der Waals surface area contributed by atoms with E-state index in [0.29, 0.717) is 39.8 Å². The van der Waals surface area contributed by atoms with Gasteiger partial charge in [0.25, 0.3) is 5.91 Å². The van der Waals surface area contributed by atoms with Gasteiger partial charge in [-0.2, -0.15) is 0 Å². The van der Waals surface area contributed by atoms with E-state index >= 15 is 0 Å². The topological polar surface area (TPSA) is 69.7 Å². The summed E-state index contributed by atoms with van der Waals surface area (Å²) in [5, 5.41) is 5.48. The van der Waals surface area contributed by atoms with E-state index in [0.717, 1.165) is 10.8 Å². The molecule has 0 bridgehead atoms. The van der Waals surface area contributed by atoms with E-state index in [9.17, 15) is 14.4 Å². The molecule has 8 heteroatoms. The number of carbonyl (C=O) groups is 3. The van der Waals surface area contributed by atoms with Crippen LogP contribution in [0.1, 0.15) is 36.2 Å². The molecule has 3 aromatic carbocycles. The van der Waals surface area contributed by atoms with Crippen LogP contribution in [-0.2, 0) is 16.1 Å². The number of likely N-dealkylation sites (N-methyl/N-ethyl adjacent to an activating group) is 1. The molecular weight excluding hydrogens is 473 g/mol. The first-order chi connectivity index (χ1) is 16.3. The van der Waals surface area contributed by atoms with Crippen molar-refractivity contribution in [2.24, 2.45) is 0 Å². The fourth-order valence-electron chi connectivity index (χ4n) is 4.41. The van der Waals surface area contributed by atoms with Crippen molar-refractivity contribution in [3.05, 3.63) is 75.8 Å².